The van der Waals surface area contributed by atoms with E-state index in [4.69, 9.17) is 4.98 Å². The highest BCUT2D eigenvalue weighted by molar-refractivity contribution is 7.19. The Morgan fingerprint density at radius 1 is 1.22 bits per heavy atom. The summed E-state index contributed by atoms with van der Waals surface area (Å²) in [5.74, 6) is -0.286. The monoisotopic (exact) mass is 385 g/mol. The first-order valence-electron chi connectivity index (χ1n) is 8.75. The molecule has 1 aliphatic rings. The van der Waals surface area contributed by atoms with Crippen LogP contribution >= 0.6 is 11.3 Å². The van der Waals surface area contributed by atoms with Crippen molar-refractivity contribution in [3.63, 3.8) is 0 Å². The SMILES string of the molecule is CN(C)C1CCN(c2nc(-c3ccc(F)cc3)c(-c3ccc(=O)[nH]n3)s2)C1. The predicted octanol–water partition coefficient (Wildman–Crippen LogP) is 2.84. The van der Waals surface area contributed by atoms with E-state index in [9.17, 15) is 9.18 Å². The normalized spacial score (nSPS) is 17.0. The number of aromatic nitrogens is 3. The second-order valence-corrected chi connectivity index (χ2v) is 7.82. The molecule has 0 aliphatic carbocycles. The van der Waals surface area contributed by atoms with Crippen LogP contribution in [0.25, 0.3) is 21.8 Å². The minimum atomic E-state index is -0.286. The zero-order valence-electron chi connectivity index (χ0n) is 15.1. The molecule has 1 unspecified atom stereocenters. The first-order chi connectivity index (χ1) is 13.0. The van der Waals surface area contributed by atoms with Gasteiger partial charge in [0.15, 0.2) is 5.13 Å². The molecule has 1 fully saturated rings. The molecule has 0 amide bonds. The summed E-state index contributed by atoms with van der Waals surface area (Å²) >= 11 is 1.55. The number of anilines is 1. The minimum absolute atomic E-state index is 0.250. The fraction of sp³-hybridized carbons (Fsp3) is 0.316. The van der Waals surface area contributed by atoms with Gasteiger partial charge in [-0.15, -0.1) is 0 Å². The minimum Gasteiger partial charge on any atom is -0.346 e. The highest BCUT2D eigenvalue weighted by Crippen LogP contribution is 2.40. The Kier molecular flexibility index (Phi) is 4.75. The summed E-state index contributed by atoms with van der Waals surface area (Å²) < 4.78 is 13.4. The van der Waals surface area contributed by atoms with Gasteiger partial charge < -0.3 is 9.80 Å². The van der Waals surface area contributed by atoms with Crippen LogP contribution in [0.4, 0.5) is 9.52 Å². The Morgan fingerprint density at radius 2 is 2.00 bits per heavy atom. The maximum absolute atomic E-state index is 13.4. The van der Waals surface area contributed by atoms with E-state index in [1.54, 1.807) is 29.5 Å². The third kappa shape index (κ3) is 3.63. The molecular weight excluding hydrogens is 365 g/mol. The van der Waals surface area contributed by atoms with Gasteiger partial charge in [0.2, 0.25) is 0 Å². The second kappa shape index (κ2) is 7.21. The number of aromatic amines is 1. The van der Waals surface area contributed by atoms with Crippen molar-refractivity contribution in [1.82, 2.24) is 20.1 Å². The summed E-state index contributed by atoms with van der Waals surface area (Å²) in [4.78, 5) is 21.6. The van der Waals surface area contributed by atoms with E-state index in [0.29, 0.717) is 11.7 Å². The molecule has 140 valence electrons. The van der Waals surface area contributed by atoms with Gasteiger partial charge in [0.1, 0.15) is 11.5 Å². The molecule has 1 saturated heterocycles. The van der Waals surface area contributed by atoms with Gasteiger partial charge in [-0.25, -0.2) is 14.5 Å². The van der Waals surface area contributed by atoms with Crippen LogP contribution in [0.15, 0.2) is 41.2 Å². The third-order valence-corrected chi connectivity index (χ3v) is 5.95. The average Bonchev–Trinajstić information content (AvgIpc) is 3.30. The number of nitrogens with one attached hydrogen (secondary N) is 1. The quantitative estimate of drug-likeness (QED) is 0.748. The topological polar surface area (TPSA) is 65.1 Å². The van der Waals surface area contributed by atoms with E-state index in [1.165, 1.54) is 18.2 Å². The molecule has 6 nitrogen and oxygen atoms in total. The molecule has 3 aromatic rings. The number of hydrogen-bond donors (Lipinski definition) is 1. The van der Waals surface area contributed by atoms with Crippen LogP contribution in [0.3, 0.4) is 0 Å². The van der Waals surface area contributed by atoms with Crippen molar-refractivity contribution in [1.29, 1.82) is 0 Å². The number of halogens is 1. The summed E-state index contributed by atoms with van der Waals surface area (Å²) in [6.45, 7) is 1.86. The Morgan fingerprint density at radius 3 is 2.63 bits per heavy atom. The molecule has 0 saturated carbocycles. The van der Waals surface area contributed by atoms with E-state index in [-0.39, 0.29) is 11.4 Å². The number of likely N-dealkylation sites (N-methyl/N-ethyl adjacent to an activating group) is 1. The maximum Gasteiger partial charge on any atom is 0.264 e. The van der Waals surface area contributed by atoms with Crippen LogP contribution in [0, 0.1) is 5.82 Å². The Labute approximate surface area is 160 Å². The highest BCUT2D eigenvalue weighted by atomic mass is 32.1. The summed E-state index contributed by atoms with van der Waals surface area (Å²) in [7, 11) is 4.19. The first kappa shape index (κ1) is 17.8. The molecule has 27 heavy (non-hydrogen) atoms. The van der Waals surface area contributed by atoms with Crippen molar-refractivity contribution >= 4 is 16.5 Å². The zero-order chi connectivity index (χ0) is 19.0. The lowest BCUT2D eigenvalue weighted by Crippen LogP contribution is -2.31. The molecular formula is C19H20FN5OS. The van der Waals surface area contributed by atoms with E-state index >= 15 is 0 Å². The number of rotatable bonds is 4. The van der Waals surface area contributed by atoms with Gasteiger partial charge in [0, 0.05) is 30.8 Å². The Balaban J connectivity index is 1.76. The van der Waals surface area contributed by atoms with Crippen LogP contribution in [-0.2, 0) is 0 Å². The lowest BCUT2D eigenvalue weighted by atomic mass is 10.1. The molecule has 0 radical (unpaired) electrons. The van der Waals surface area contributed by atoms with Crippen LogP contribution in [0.2, 0.25) is 0 Å². The summed E-state index contributed by atoms with van der Waals surface area (Å²) in [5.41, 5.74) is 1.98. The molecule has 1 aliphatic heterocycles. The zero-order valence-corrected chi connectivity index (χ0v) is 16.0. The van der Waals surface area contributed by atoms with Crippen molar-refractivity contribution in [2.45, 2.75) is 12.5 Å². The van der Waals surface area contributed by atoms with Crippen molar-refractivity contribution in [2.75, 3.05) is 32.1 Å². The van der Waals surface area contributed by atoms with Crippen LogP contribution in [0.5, 0.6) is 0 Å². The molecule has 1 atom stereocenters. The summed E-state index contributed by atoms with van der Waals surface area (Å²) in [5, 5.41) is 7.57. The smallest absolute Gasteiger partial charge is 0.264 e. The van der Waals surface area contributed by atoms with Crippen LogP contribution in [-0.4, -0.2) is 53.3 Å². The standard InChI is InChI=1S/C19H20FN5OS/c1-24(2)14-9-10-25(11-14)19-21-17(12-3-5-13(20)6-4-12)18(27-19)15-7-8-16(26)23-22-15/h3-8,14H,9-11H2,1-2H3,(H,23,26). The van der Waals surface area contributed by atoms with E-state index in [2.05, 4.69) is 34.1 Å². The van der Waals surface area contributed by atoms with Gasteiger partial charge in [-0.1, -0.05) is 11.3 Å². The van der Waals surface area contributed by atoms with Gasteiger partial charge in [0.25, 0.3) is 5.56 Å². The largest absolute Gasteiger partial charge is 0.346 e. The summed E-state index contributed by atoms with van der Waals surface area (Å²) in [6, 6.07) is 9.93. The second-order valence-electron chi connectivity index (χ2n) is 6.84. The maximum atomic E-state index is 13.4. The Hall–Kier alpha value is -2.58. The first-order valence-corrected chi connectivity index (χ1v) is 9.57. The number of thiazole rings is 1. The van der Waals surface area contributed by atoms with Gasteiger partial charge in [-0.3, -0.25) is 4.79 Å². The number of hydrogen-bond acceptors (Lipinski definition) is 6. The molecule has 8 heteroatoms. The average molecular weight is 385 g/mol. The molecule has 3 heterocycles. The van der Waals surface area contributed by atoms with Crippen molar-refractivity contribution in [2.24, 2.45) is 0 Å². The van der Waals surface area contributed by atoms with Gasteiger partial charge in [0.05, 0.1) is 10.6 Å². The highest BCUT2D eigenvalue weighted by Gasteiger charge is 2.27. The van der Waals surface area contributed by atoms with E-state index < -0.39 is 0 Å². The summed E-state index contributed by atoms with van der Waals surface area (Å²) in [6.07, 6.45) is 1.09. The van der Waals surface area contributed by atoms with Crippen LogP contribution < -0.4 is 10.5 Å². The molecule has 1 N–H and O–H groups in total. The molecule has 1 aromatic carbocycles. The molecule has 0 bridgehead atoms. The van der Waals surface area contributed by atoms with Crippen molar-refractivity contribution in [3.8, 4) is 21.8 Å². The molecule has 0 spiro atoms. The van der Waals surface area contributed by atoms with Gasteiger partial charge in [-0.05, 0) is 50.8 Å². The van der Waals surface area contributed by atoms with E-state index in [1.807, 2.05) is 0 Å². The van der Waals surface area contributed by atoms with Crippen molar-refractivity contribution < 1.29 is 4.39 Å². The fourth-order valence-corrected chi connectivity index (χ4v) is 4.32. The lowest BCUT2D eigenvalue weighted by molar-refractivity contribution is 0.315. The number of nitrogens with zero attached hydrogens (tertiary/aromatic N) is 4. The van der Waals surface area contributed by atoms with Crippen molar-refractivity contribution in [3.05, 3.63) is 52.6 Å². The van der Waals surface area contributed by atoms with Gasteiger partial charge in [-0.2, -0.15) is 5.10 Å². The van der Waals surface area contributed by atoms with Gasteiger partial charge >= 0.3 is 0 Å². The third-order valence-electron chi connectivity index (χ3n) is 4.81. The van der Waals surface area contributed by atoms with Crippen LogP contribution in [0.1, 0.15) is 6.42 Å². The molecule has 4 rings (SSSR count). The number of benzene rings is 1. The molecule has 2 aromatic heterocycles. The Bertz CT molecular complexity index is 978. The van der Waals surface area contributed by atoms with E-state index in [0.717, 1.165) is 40.8 Å². The lowest BCUT2D eigenvalue weighted by Gasteiger charge is -2.19. The fourth-order valence-electron chi connectivity index (χ4n) is 3.23. The number of H-pyrrole nitrogens is 1. The predicted molar refractivity (Wildman–Crippen MR) is 106 cm³/mol.